The van der Waals surface area contributed by atoms with Gasteiger partial charge in [-0.3, -0.25) is 20.2 Å². The summed E-state index contributed by atoms with van der Waals surface area (Å²) in [5.41, 5.74) is 1.23. The van der Waals surface area contributed by atoms with Crippen LogP contribution in [-0.4, -0.2) is 36.5 Å². The first-order chi connectivity index (χ1) is 15.2. The lowest BCUT2D eigenvalue weighted by Crippen LogP contribution is -2.05. The van der Waals surface area contributed by atoms with Crippen LogP contribution in [0.25, 0.3) is 0 Å². The van der Waals surface area contributed by atoms with Crippen molar-refractivity contribution in [3.8, 4) is 11.5 Å². The lowest BCUT2D eigenvalue weighted by molar-refractivity contribution is -0.385. The highest BCUT2D eigenvalue weighted by Crippen LogP contribution is 2.32. The molecule has 0 saturated carbocycles. The fourth-order valence-corrected chi connectivity index (χ4v) is 2.74. The van der Waals surface area contributed by atoms with E-state index in [1.54, 1.807) is 32.0 Å². The summed E-state index contributed by atoms with van der Waals surface area (Å²) in [6.45, 7) is 3.26. The molecule has 1 heterocycles. The molecule has 0 unspecified atom stereocenters. The number of hydrogen-bond donors (Lipinski definition) is 2. The highest BCUT2D eigenvalue weighted by atomic mass is 16.6. The van der Waals surface area contributed by atoms with Crippen LogP contribution in [0.3, 0.4) is 0 Å². The van der Waals surface area contributed by atoms with Gasteiger partial charge < -0.3 is 10.2 Å². The molecule has 0 aliphatic carbocycles. The molecule has 0 aliphatic heterocycles. The van der Waals surface area contributed by atoms with E-state index in [0.717, 1.165) is 12.1 Å². The number of non-ortho nitro benzene ring substituents is 2. The van der Waals surface area contributed by atoms with Crippen LogP contribution in [0.15, 0.2) is 64.6 Å². The van der Waals surface area contributed by atoms with Gasteiger partial charge in [-0.1, -0.05) is 6.07 Å². The summed E-state index contributed by atoms with van der Waals surface area (Å²) in [5, 5.41) is 41.9. The number of benzene rings is 2. The van der Waals surface area contributed by atoms with E-state index in [0.29, 0.717) is 22.8 Å². The maximum absolute atomic E-state index is 11.0. The summed E-state index contributed by atoms with van der Waals surface area (Å²) < 4.78 is 0. The highest BCUT2D eigenvalue weighted by molar-refractivity contribution is 6.02. The van der Waals surface area contributed by atoms with Gasteiger partial charge in [-0.2, -0.15) is 0 Å². The van der Waals surface area contributed by atoms with Crippen molar-refractivity contribution < 1.29 is 20.1 Å². The lowest BCUT2D eigenvalue weighted by atomic mass is 10.2. The Morgan fingerprint density at radius 2 is 1.19 bits per heavy atom. The molecule has 0 aliphatic rings. The van der Waals surface area contributed by atoms with Gasteiger partial charge in [0.15, 0.2) is 0 Å². The molecule has 0 amide bonds. The Bertz CT molecular complexity index is 1190. The standard InChI is InChI=1S/C21H17N5O6/c1-12(22-18-10-14(25(29)30)6-8-20(18)27)16-4-3-5-17(24-16)13(2)23-19-11-15(26(31)32)7-9-21(19)28/h3-11,27-28H,1-2H3. The molecule has 2 N–H and O–H groups in total. The van der Waals surface area contributed by atoms with Gasteiger partial charge in [0.05, 0.1) is 32.7 Å². The van der Waals surface area contributed by atoms with E-state index in [-0.39, 0.29) is 34.2 Å². The molecule has 162 valence electrons. The predicted octanol–water partition coefficient (Wildman–Crippen LogP) is 4.59. The van der Waals surface area contributed by atoms with Crippen LogP contribution in [0.4, 0.5) is 22.7 Å². The molecule has 3 aromatic rings. The molecule has 0 radical (unpaired) electrons. The van der Waals surface area contributed by atoms with Gasteiger partial charge in [0, 0.05) is 24.3 Å². The number of nitro groups is 2. The van der Waals surface area contributed by atoms with Crippen molar-refractivity contribution in [2.24, 2.45) is 9.98 Å². The van der Waals surface area contributed by atoms with Crippen molar-refractivity contribution in [3.63, 3.8) is 0 Å². The minimum Gasteiger partial charge on any atom is -0.506 e. The summed E-state index contributed by atoms with van der Waals surface area (Å²) in [6.07, 6.45) is 0. The largest absolute Gasteiger partial charge is 0.506 e. The first-order valence-electron chi connectivity index (χ1n) is 9.19. The fourth-order valence-electron chi connectivity index (χ4n) is 2.74. The molecule has 3 rings (SSSR count). The van der Waals surface area contributed by atoms with E-state index in [9.17, 15) is 30.4 Å². The van der Waals surface area contributed by atoms with Gasteiger partial charge in [0.1, 0.15) is 22.9 Å². The summed E-state index contributed by atoms with van der Waals surface area (Å²) >= 11 is 0. The van der Waals surface area contributed by atoms with Crippen LogP contribution in [0, 0.1) is 20.2 Å². The zero-order chi connectivity index (χ0) is 23.4. The minimum atomic E-state index is -0.587. The molecule has 0 spiro atoms. The fraction of sp³-hybridized carbons (Fsp3) is 0.0952. The second-order valence-electron chi connectivity index (χ2n) is 6.66. The van der Waals surface area contributed by atoms with Gasteiger partial charge in [-0.25, -0.2) is 15.0 Å². The van der Waals surface area contributed by atoms with E-state index in [2.05, 4.69) is 15.0 Å². The number of aliphatic imine (C=N–C) groups is 2. The summed E-state index contributed by atoms with van der Waals surface area (Å²) in [5.74, 6) is -0.435. The first kappa shape index (κ1) is 22.0. The van der Waals surface area contributed by atoms with Crippen molar-refractivity contribution in [2.45, 2.75) is 13.8 Å². The van der Waals surface area contributed by atoms with E-state index in [1.807, 2.05) is 0 Å². The molecule has 2 aromatic carbocycles. The first-order valence-corrected chi connectivity index (χ1v) is 9.19. The Kier molecular flexibility index (Phi) is 6.19. The number of phenolic OH excluding ortho intramolecular Hbond substituents is 2. The van der Waals surface area contributed by atoms with E-state index >= 15 is 0 Å². The van der Waals surface area contributed by atoms with Crippen LogP contribution in [0.5, 0.6) is 11.5 Å². The SMILES string of the molecule is CC(=Nc1cc([N+](=O)[O-])ccc1O)c1cccc(C(C)=Nc2cc([N+](=O)[O-])ccc2O)n1. The number of nitrogens with zero attached hydrogens (tertiary/aromatic N) is 5. The quantitative estimate of drug-likeness (QED) is 0.324. The molecular formula is C21H17N5O6. The van der Waals surface area contributed by atoms with E-state index < -0.39 is 9.85 Å². The predicted molar refractivity (Wildman–Crippen MR) is 118 cm³/mol. The van der Waals surface area contributed by atoms with Crippen molar-refractivity contribution >= 4 is 34.2 Å². The molecule has 0 bridgehead atoms. The summed E-state index contributed by atoms with van der Waals surface area (Å²) in [4.78, 5) is 33.7. The van der Waals surface area contributed by atoms with Crippen LogP contribution in [0.1, 0.15) is 25.2 Å². The number of rotatable bonds is 6. The third kappa shape index (κ3) is 4.90. The molecular weight excluding hydrogens is 418 g/mol. The van der Waals surface area contributed by atoms with Crippen LogP contribution >= 0.6 is 0 Å². The topological polar surface area (TPSA) is 164 Å². The Labute approximate surface area is 181 Å². The van der Waals surface area contributed by atoms with Crippen LogP contribution in [-0.2, 0) is 0 Å². The number of phenols is 2. The molecule has 0 atom stereocenters. The van der Waals surface area contributed by atoms with Gasteiger partial charge in [-0.05, 0) is 38.1 Å². The number of aromatic hydroxyl groups is 2. The van der Waals surface area contributed by atoms with Gasteiger partial charge in [0.2, 0.25) is 0 Å². The molecule has 1 aromatic heterocycles. The molecule has 11 nitrogen and oxygen atoms in total. The number of nitro benzene ring substituents is 2. The van der Waals surface area contributed by atoms with Crippen LogP contribution in [0.2, 0.25) is 0 Å². The second-order valence-corrected chi connectivity index (χ2v) is 6.66. The maximum Gasteiger partial charge on any atom is 0.271 e. The van der Waals surface area contributed by atoms with Crippen molar-refractivity contribution in [3.05, 3.63) is 86.2 Å². The smallest absolute Gasteiger partial charge is 0.271 e. The number of pyridine rings is 1. The second kappa shape index (κ2) is 9.00. The van der Waals surface area contributed by atoms with E-state index in [1.165, 1.54) is 24.3 Å². The third-order valence-corrected chi connectivity index (χ3v) is 4.41. The summed E-state index contributed by atoms with van der Waals surface area (Å²) in [7, 11) is 0. The Morgan fingerprint density at radius 3 is 1.56 bits per heavy atom. The van der Waals surface area contributed by atoms with Crippen molar-refractivity contribution in [1.29, 1.82) is 0 Å². The third-order valence-electron chi connectivity index (χ3n) is 4.41. The molecule has 11 heteroatoms. The highest BCUT2D eigenvalue weighted by Gasteiger charge is 2.13. The molecule has 32 heavy (non-hydrogen) atoms. The number of hydrogen-bond acceptors (Lipinski definition) is 9. The average Bonchev–Trinajstić information content (AvgIpc) is 2.76. The zero-order valence-corrected chi connectivity index (χ0v) is 17.0. The maximum atomic E-state index is 11.0. The summed E-state index contributed by atoms with van der Waals surface area (Å²) in [6, 6.07) is 12.0. The van der Waals surface area contributed by atoms with Gasteiger partial charge in [0.25, 0.3) is 11.4 Å². The zero-order valence-electron chi connectivity index (χ0n) is 17.0. The van der Waals surface area contributed by atoms with Gasteiger partial charge in [-0.15, -0.1) is 0 Å². The monoisotopic (exact) mass is 435 g/mol. The minimum absolute atomic E-state index is 0.0239. The Morgan fingerprint density at radius 1 is 0.781 bits per heavy atom. The van der Waals surface area contributed by atoms with Crippen molar-refractivity contribution in [1.82, 2.24) is 4.98 Å². The van der Waals surface area contributed by atoms with Crippen LogP contribution < -0.4 is 0 Å². The van der Waals surface area contributed by atoms with Crippen molar-refractivity contribution in [2.75, 3.05) is 0 Å². The lowest BCUT2D eigenvalue weighted by Gasteiger charge is -2.06. The molecule has 0 fully saturated rings. The Balaban J connectivity index is 1.96. The van der Waals surface area contributed by atoms with Gasteiger partial charge >= 0.3 is 0 Å². The number of aromatic nitrogens is 1. The normalized spacial score (nSPS) is 11.9. The Hall–Kier alpha value is -4.67. The average molecular weight is 435 g/mol. The van der Waals surface area contributed by atoms with E-state index in [4.69, 9.17) is 0 Å². The molecule has 0 saturated heterocycles.